The molecule has 4 heteroatoms. The number of hydrogen-bond acceptors (Lipinski definition) is 3. The van der Waals surface area contributed by atoms with Crippen LogP contribution in [0.15, 0.2) is 42.6 Å². The minimum Gasteiger partial charge on any atom is -0.297 e. The predicted octanol–water partition coefficient (Wildman–Crippen LogP) is 3.50. The van der Waals surface area contributed by atoms with Crippen LogP contribution in [0.4, 0.5) is 0 Å². The number of benzene rings is 1. The molecule has 1 aliphatic rings. The fourth-order valence-electron chi connectivity index (χ4n) is 3.41. The summed E-state index contributed by atoms with van der Waals surface area (Å²) >= 11 is 0. The lowest BCUT2D eigenvalue weighted by molar-refractivity contribution is 0.304. The molecule has 1 fully saturated rings. The molecular weight excluding hydrogens is 272 g/mol. The minimum atomic E-state index is 0.370. The number of rotatable bonds is 2. The van der Waals surface area contributed by atoms with E-state index in [4.69, 9.17) is 4.98 Å². The minimum absolute atomic E-state index is 0.370. The number of imidazole rings is 1. The molecule has 1 unspecified atom stereocenters. The number of aromatic nitrogens is 3. The van der Waals surface area contributed by atoms with Gasteiger partial charge in [0.05, 0.1) is 6.04 Å². The maximum Gasteiger partial charge on any atom is 0.164 e. The van der Waals surface area contributed by atoms with E-state index in [0.717, 1.165) is 35.6 Å². The van der Waals surface area contributed by atoms with Crippen molar-refractivity contribution in [3.8, 4) is 5.69 Å². The molecule has 0 spiro atoms. The third kappa shape index (κ3) is 2.11. The van der Waals surface area contributed by atoms with Gasteiger partial charge in [-0.3, -0.25) is 9.47 Å². The third-order valence-electron chi connectivity index (χ3n) is 4.52. The van der Waals surface area contributed by atoms with Crippen molar-refractivity contribution in [2.24, 2.45) is 0 Å². The van der Waals surface area contributed by atoms with Crippen LogP contribution in [0.25, 0.3) is 16.9 Å². The maximum atomic E-state index is 4.91. The van der Waals surface area contributed by atoms with Crippen molar-refractivity contribution >= 4 is 11.2 Å². The summed E-state index contributed by atoms with van der Waals surface area (Å²) in [7, 11) is 2.19. The van der Waals surface area contributed by atoms with Crippen LogP contribution in [-0.4, -0.2) is 33.0 Å². The zero-order chi connectivity index (χ0) is 15.1. The molecule has 0 aliphatic carbocycles. The zero-order valence-electron chi connectivity index (χ0n) is 13.0. The van der Waals surface area contributed by atoms with Crippen LogP contribution in [0.5, 0.6) is 0 Å². The molecule has 0 radical (unpaired) electrons. The van der Waals surface area contributed by atoms with Crippen molar-refractivity contribution in [3.63, 3.8) is 0 Å². The van der Waals surface area contributed by atoms with Crippen molar-refractivity contribution in [3.05, 3.63) is 54.0 Å². The van der Waals surface area contributed by atoms with Crippen LogP contribution in [0, 0.1) is 6.92 Å². The SMILES string of the molecule is Cc1cccc(-n2c(C3CCCN3C)nc3cccnc32)c1. The topological polar surface area (TPSA) is 34.0 Å². The lowest BCUT2D eigenvalue weighted by atomic mass is 10.2. The monoisotopic (exact) mass is 292 g/mol. The summed E-state index contributed by atoms with van der Waals surface area (Å²) in [6.07, 6.45) is 4.23. The van der Waals surface area contributed by atoms with Gasteiger partial charge in [-0.15, -0.1) is 0 Å². The van der Waals surface area contributed by atoms with E-state index in [1.807, 2.05) is 18.3 Å². The number of hydrogen-bond donors (Lipinski definition) is 0. The lowest BCUT2D eigenvalue weighted by Gasteiger charge is -2.20. The van der Waals surface area contributed by atoms with Crippen molar-refractivity contribution in [1.29, 1.82) is 0 Å². The number of nitrogens with zero attached hydrogens (tertiary/aromatic N) is 4. The van der Waals surface area contributed by atoms with Gasteiger partial charge in [0.1, 0.15) is 11.3 Å². The Labute approximate surface area is 130 Å². The molecule has 4 nitrogen and oxygen atoms in total. The Bertz CT molecular complexity index is 821. The number of pyridine rings is 1. The highest BCUT2D eigenvalue weighted by molar-refractivity contribution is 5.74. The summed E-state index contributed by atoms with van der Waals surface area (Å²) in [5.41, 5.74) is 4.32. The number of aryl methyl sites for hydroxylation is 1. The quantitative estimate of drug-likeness (QED) is 0.725. The molecule has 1 aromatic carbocycles. The standard InChI is InChI=1S/C18H20N4/c1-13-6-3-7-14(12-13)22-17-15(8-4-10-19-17)20-18(22)16-9-5-11-21(16)2/h3-4,6-8,10,12,16H,5,9,11H2,1-2H3. The maximum absolute atomic E-state index is 4.91. The van der Waals surface area contributed by atoms with Gasteiger partial charge in [0.15, 0.2) is 5.65 Å². The largest absolute Gasteiger partial charge is 0.297 e. The number of likely N-dealkylation sites (tertiary alicyclic amines) is 1. The first-order valence-corrected chi connectivity index (χ1v) is 7.85. The second-order valence-electron chi connectivity index (χ2n) is 6.13. The molecule has 0 amide bonds. The van der Waals surface area contributed by atoms with Crippen LogP contribution in [0.1, 0.15) is 30.3 Å². The molecule has 4 rings (SSSR count). The molecule has 2 aromatic heterocycles. The van der Waals surface area contributed by atoms with Crippen LogP contribution < -0.4 is 0 Å². The van der Waals surface area contributed by atoms with E-state index < -0.39 is 0 Å². The Morgan fingerprint density at radius 3 is 2.86 bits per heavy atom. The van der Waals surface area contributed by atoms with E-state index in [1.165, 1.54) is 12.0 Å². The van der Waals surface area contributed by atoms with Crippen molar-refractivity contribution in [1.82, 2.24) is 19.4 Å². The molecule has 3 aromatic rings. The molecule has 0 N–H and O–H groups in total. The molecule has 1 saturated heterocycles. The van der Waals surface area contributed by atoms with Gasteiger partial charge >= 0.3 is 0 Å². The Balaban J connectivity index is 1.98. The summed E-state index contributed by atoms with van der Waals surface area (Å²) in [5.74, 6) is 1.11. The summed E-state index contributed by atoms with van der Waals surface area (Å²) in [6, 6.07) is 12.9. The van der Waals surface area contributed by atoms with E-state index in [0.29, 0.717) is 6.04 Å². The molecule has 112 valence electrons. The van der Waals surface area contributed by atoms with Gasteiger partial charge < -0.3 is 0 Å². The van der Waals surface area contributed by atoms with Gasteiger partial charge in [-0.2, -0.15) is 0 Å². The summed E-state index contributed by atoms with van der Waals surface area (Å²) < 4.78 is 2.23. The van der Waals surface area contributed by atoms with E-state index in [1.54, 1.807) is 0 Å². The highest BCUT2D eigenvalue weighted by Crippen LogP contribution is 2.33. The Hall–Kier alpha value is -2.20. The molecule has 0 saturated carbocycles. The normalized spacial score (nSPS) is 19.1. The van der Waals surface area contributed by atoms with Crippen molar-refractivity contribution < 1.29 is 0 Å². The van der Waals surface area contributed by atoms with Gasteiger partial charge in [0.25, 0.3) is 0 Å². The molecule has 3 heterocycles. The van der Waals surface area contributed by atoms with Crippen LogP contribution in [-0.2, 0) is 0 Å². The van der Waals surface area contributed by atoms with Crippen molar-refractivity contribution in [2.75, 3.05) is 13.6 Å². The van der Waals surface area contributed by atoms with Crippen molar-refractivity contribution in [2.45, 2.75) is 25.8 Å². The Morgan fingerprint density at radius 2 is 2.09 bits per heavy atom. The molecule has 22 heavy (non-hydrogen) atoms. The lowest BCUT2D eigenvalue weighted by Crippen LogP contribution is -2.21. The second kappa shape index (κ2) is 5.21. The van der Waals surface area contributed by atoms with Crippen LogP contribution in [0.2, 0.25) is 0 Å². The average molecular weight is 292 g/mol. The highest BCUT2D eigenvalue weighted by atomic mass is 15.2. The van der Waals surface area contributed by atoms with Gasteiger partial charge in [-0.05, 0) is 63.2 Å². The van der Waals surface area contributed by atoms with E-state index in [9.17, 15) is 0 Å². The predicted molar refractivity (Wildman–Crippen MR) is 88.2 cm³/mol. The second-order valence-corrected chi connectivity index (χ2v) is 6.13. The highest BCUT2D eigenvalue weighted by Gasteiger charge is 2.28. The van der Waals surface area contributed by atoms with Gasteiger partial charge in [-0.1, -0.05) is 12.1 Å². The van der Waals surface area contributed by atoms with E-state index >= 15 is 0 Å². The fraction of sp³-hybridized carbons (Fsp3) is 0.333. The average Bonchev–Trinajstić information content (AvgIpc) is 3.10. The first kappa shape index (κ1) is 13.5. The Morgan fingerprint density at radius 1 is 1.18 bits per heavy atom. The molecular formula is C18H20N4. The van der Waals surface area contributed by atoms with E-state index in [-0.39, 0.29) is 0 Å². The third-order valence-corrected chi connectivity index (χ3v) is 4.52. The van der Waals surface area contributed by atoms with Gasteiger partial charge in [0, 0.05) is 11.9 Å². The molecule has 1 atom stereocenters. The summed E-state index contributed by atoms with van der Waals surface area (Å²) in [5, 5.41) is 0. The smallest absolute Gasteiger partial charge is 0.164 e. The first-order chi connectivity index (χ1) is 10.7. The zero-order valence-corrected chi connectivity index (χ0v) is 13.0. The molecule has 1 aliphatic heterocycles. The van der Waals surface area contributed by atoms with Gasteiger partial charge in [-0.25, -0.2) is 9.97 Å². The summed E-state index contributed by atoms with van der Waals surface area (Å²) in [6.45, 7) is 3.26. The van der Waals surface area contributed by atoms with Crippen LogP contribution >= 0.6 is 0 Å². The first-order valence-electron chi connectivity index (χ1n) is 7.85. The van der Waals surface area contributed by atoms with Gasteiger partial charge in [0.2, 0.25) is 0 Å². The molecule has 0 bridgehead atoms. The fourth-order valence-corrected chi connectivity index (χ4v) is 3.41. The van der Waals surface area contributed by atoms with E-state index in [2.05, 4.69) is 52.7 Å². The van der Waals surface area contributed by atoms with Crippen LogP contribution in [0.3, 0.4) is 0 Å². The Kier molecular flexibility index (Phi) is 3.19. The number of fused-ring (bicyclic) bond motifs is 1. The summed E-state index contributed by atoms with van der Waals surface area (Å²) in [4.78, 5) is 11.9.